The normalized spacial score (nSPS) is 15.0. The zero-order chi connectivity index (χ0) is 17.1. The van der Waals surface area contributed by atoms with E-state index >= 15 is 0 Å². The topological polar surface area (TPSA) is 42.4 Å². The van der Waals surface area contributed by atoms with Gasteiger partial charge < -0.3 is 9.64 Å². The summed E-state index contributed by atoms with van der Waals surface area (Å²) in [5.74, 6) is 0.370. The highest BCUT2D eigenvalue weighted by atomic mass is 35.5. The number of nitrogens with zero attached hydrogens (tertiary/aromatic N) is 2. The number of rotatable bonds is 6. The molecule has 1 amide bonds. The van der Waals surface area contributed by atoms with Crippen LogP contribution in [0, 0.1) is 0 Å². The van der Waals surface area contributed by atoms with E-state index in [1.165, 1.54) is 0 Å². The molecule has 1 heterocycles. The SMILES string of the molecule is CC(Oc1cccc(Cl)c1Cl)C(=O)N(Cc1ccncc1)C1CC1. The van der Waals surface area contributed by atoms with Gasteiger partial charge in [-0.15, -0.1) is 0 Å². The lowest BCUT2D eigenvalue weighted by atomic mass is 10.2. The van der Waals surface area contributed by atoms with E-state index in [9.17, 15) is 4.79 Å². The highest BCUT2D eigenvalue weighted by molar-refractivity contribution is 6.42. The monoisotopic (exact) mass is 364 g/mol. The highest BCUT2D eigenvalue weighted by Gasteiger charge is 2.35. The summed E-state index contributed by atoms with van der Waals surface area (Å²) in [5.41, 5.74) is 1.05. The molecule has 1 fully saturated rings. The molecule has 1 atom stereocenters. The van der Waals surface area contributed by atoms with E-state index in [0.29, 0.717) is 22.3 Å². The molecule has 1 aliphatic rings. The van der Waals surface area contributed by atoms with E-state index in [2.05, 4.69) is 4.98 Å². The Morgan fingerprint density at radius 3 is 2.67 bits per heavy atom. The summed E-state index contributed by atoms with van der Waals surface area (Å²) in [4.78, 5) is 18.7. The quantitative estimate of drug-likeness (QED) is 0.765. The number of amides is 1. The Bertz CT molecular complexity index is 720. The van der Waals surface area contributed by atoms with Crippen LogP contribution in [0.1, 0.15) is 25.3 Å². The van der Waals surface area contributed by atoms with E-state index in [1.807, 2.05) is 17.0 Å². The van der Waals surface area contributed by atoms with Crippen molar-refractivity contribution >= 4 is 29.1 Å². The maximum atomic E-state index is 12.8. The number of hydrogen-bond acceptors (Lipinski definition) is 3. The molecule has 0 radical (unpaired) electrons. The number of carbonyl (C=O) groups is 1. The van der Waals surface area contributed by atoms with Gasteiger partial charge in [-0.3, -0.25) is 9.78 Å². The van der Waals surface area contributed by atoms with Crippen molar-refractivity contribution in [3.8, 4) is 5.75 Å². The third-order valence-corrected chi connectivity index (χ3v) is 4.74. The first kappa shape index (κ1) is 17.1. The molecule has 0 bridgehead atoms. The molecule has 0 N–H and O–H groups in total. The van der Waals surface area contributed by atoms with Gasteiger partial charge in [0.1, 0.15) is 10.8 Å². The summed E-state index contributed by atoms with van der Waals surface area (Å²) in [6.07, 6.45) is 4.89. The standard InChI is InChI=1S/C18H18Cl2N2O2/c1-12(24-16-4-2-3-15(19)17(16)20)18(23)22(14-5-6-14)11-13-7-9-21-10-8-13/h2-4,7-10,12,14H,5-6,11H2,1H3. The van der Waals surface area contributed by atoms with Crippen molar-refractivity contribution < 1.29 is 9.53 Å². The molecule has 0 saturated heterocycles. The lowest BCUT2D eigenvalue weighted by Gasteiger charge is -2.26. The van der Waals surface area contributed by atoms with Crippen LogP contribution in [-0.4, -0.2) is 27.9 Å². The van der Waals surface area contributed by atoms with Crippen LogP contribution in [-0.2, 0) is 11.3 Å². The molecule has 3 rings (SSSR count). The second-order valence-corrected chi connectivity index (χ2v) is 6.65. The number of pyridine rings is 1. The lowest BCUT2D eigenvalue weighted by molar-refractivity contribution is -0.139. The van der Waals surface area contributed by atoms with Crippen LogP contribution in [0.25, 0.3) is 0 Å². The third kappa shape index (κ3) is 4.00. The Morgan fingerprint density at radius 1 is 1.29 bits per heavy atom. The maximum Gasteiger partial charge on any atom is 0.263 e. The van der Waals surface area contributed by atoms with Crippen LogP contribution in [0.15, 0.2) is 42.7 Å². The van der Waals surface area contributed by atoms with Gasteiger partial charge in [0.2, 0.25) is 0 Å². The van der Waals surface area contributed by atoms with Gasteiger partial charge in [0, 0.05) is 25.0 Å². The zero-order valence-electron chi connectivity index (χ0n) is 13.3. The fraction of sp³-hybridized carbons (Fsp3) is 0.333. The molecular formula is C18H18Cl2N2O2. The first-order valence-electron chi connectivity index (χ1n) is 7.86. The number of carbonyl (C=O) groups excluding carboxylic acids is 1. The van der Waals surface area contributed by atoms with Gasteiger partial charge in [-0.25, -0.2) is 0 Å². The average molecular weight is 365 g/mol. The molecule has 4 nitrogen and oxygen atoms in total. The van der Waals surface area contributed by atoms with Crippen molar-refractivity contribution in [3.05, 3.63) is 58.3 Å². The molecule has 6 heteroatoms. The fourth-order valence-corrected chi connectivity index (χ4v) is 2.84. The smallest absolute Gasteiger partial charge is 0.263 e. The molecule has 0 spiro atoms. The fourth-order valence-electron chi connectivity index (χ4n) is 2.51. The minimum absolute atomic E-state index is 0.0506. The van der Waals surface area contributed by atoms with Crippen molar-refractivity contribution in [2.45, 2.75) is 38.5 Å². The zero-order valence-corrected chi connectivity index (χ0v) is 14.8. The second-order valence-electron chi connectivity index (χ2n) is 5.86. The largest absolute Gasteiger partial charge is 0.479 e. The first-order valence-corrected chi connectivity index (χ1v) is 8.62. The lowest BCUT2D eigenvalue weighted by Crippen LogP contribution is -2.41. The first-order chi connectivity index (χ1) is 11.6. The molecule has 1 aliphatic carbocycles. The van der Waals surface area contributed by atoms with Gasteiger partial charge in [-0.05, 0) is 49.6 Å². The second kappa shape index (κ2) is 7.41. The summed E-state index contributed by atoms with van der Waals surface area (Å²) in [6, 6.07) is 9.26. The Kier molecular flexibility index (Phi) is 5.27. The van der Waals surface area contributed by atoms with Crippen LogP contribution >= 0.6 is 23.2 Å². The van der Waals surface area contributed by atoms with Crippen LogP contribution in [0.5, 0.6) is 5.75 Å². The van der Waals surface area contributed by atoms with Crippen LogP contribution in [0.3, 0.4) is 0 Å². The summed E-state index contributed by atoms with van der Waals surface area (Å²) in [5, 5.41) is 0.732. The molecule has 126 valence electrons. The van der Waals surface area contributed by atoms with Crippen molar-refractivity contribution in [2.75, 3.05) is 0 Å². The summed E-state index contributed by atoms with van der Waals surface area (Å²) in [7, 11) is 0. The molecule has 2 aromatic rings. The number of benzene rings is 1. The highest BCUT2D eigenvalue weighted by Crippen LogP contribution is 2.33. The predicted octanol–water partition coefficient (Wildman–Crippen LogP) is 4.35. The summed E-state index contributed by atoms with van der Waals surface area (Å²) < 4.78 is 5.76. The van der Waals surface area contributed by atoms with Gasteiger partial charge in [-0.2, -0.15) is 0 Å². The van der Waals surface area contributed by atoms with Gasteiger partial charge >= 0.3 is 0 Å². The Balaban J connectivity index is 1.71. The Morgan fingerprint density at radius 2 is 2.00 bits per heavy atom. The van der Waals surface area contributed by atoms with E-state index < -0.39 is 6.10 Å². The maximum absolute atomic E-state index is 12.8. The van der Waals surface area contributed by atoms with Crippen molar-refractivity contribution in [3.63, 3.8) is 0 Å². The van der Waals surface area contributed by atoms with Crippen LogP contribution in [0.4, 0.5) is 0 Å². The number of hydrogen-bond donors (Lipinski definition) is 0. The molecule has 1 aromatic heterocycles. The van der Waals surface area contributed by atoms with Crippen LogP contribution in [0.2, 0.25) is 10.0 Å². The minimum Gasteiger partial charge on any atom is -0.479 e. The van der Waals surface area contributed by atoms with Crippen molar-refractivity contribution in [1.29, 1.82) is 0 Å². The molecule has 1 unspecified atom stereocenters. The van der Waals surface area contributed by atoms with Crippen LogP contribution < -0.4 is 4.74 Å². The average Bonchev–Trinajstić information content (AvgIpc) is 3.42. The van der Waals surface area contributed by atoms with Gasteiger partial charge in [0.25, 0.3) is 5.91 Å². The molecular weight excluding hydrogens is 347 g/mol. The van der Waals surface area contributed by atoms with Gasteiger partial charge in [-0.1, -0.05) is 29.3 Å². The molecule has 24 heavy (non-hydrogen) atoms. The van der Waals surface area contributed by atoms with Crippen molar-refractivity contribution in [2.24, 2.45) is 0 Å². The minimum atomic E-state index is -0.636. The number of ether oxygens (including phenoxy) is 1. The van der Waals surface area contributed by atoms with E-state index in [0.717, 1.165) is 18.4 Å². The van der Waals surface area contributed by atoms with E-state index in [4.69, 9.17) is 27.9 Å². The Labute approximate surface area is 151 Å². The Hall–Kier alpha value is -1.78. The molecule has 1 aromatic carbocycles. The predicted molar refractivity (Wildman–Crippen MR) is 94.4 cm³/mol. The van der Waals surface area contributed by atoms with Crippen molar-refractivity contribution in [1.82, 2.24) is 9.88 Å². The molecule has 0 aliphatic heterocycles. The number of aromatic nitrogens is 1. The number of halogens is 2. The van der Waals surface area contributed by atoms with Gasteiger partial charge in [0.15, 0.2) is 6.10 Å². The van der Waals surface area contributed by atoms with E-state index in [1.54, 1.807) is 37.5 Å². The summed E-state index contributed by atoms with van der Waals surface area (Å²) >= 11 is 12.1. The summed E-state index contributed by atoms with van der Waals surface area (Å²) in [6.45, 7) is 2.30. The van der Waals surface area contributed by atoms with Gasteiger partial charge in [0.05, 0.1) is 5.02 Å². The van der Waals surface area contributed by atoms with E-state index in [-0.39, 0.29) is 11.9 Å². The third-order valence-electron chi connectivity index (χ3n) is 3.94. The molecule has 1 saturated carbocycles.